The highest BCUT2D eigenvalue weighted by Crippen LogP contribution is 2.17. The molecule has 1 heterocycles. The van der Waals surface area contributed by atoms with E-state index in [4.69, 9.17) is 9.15 Å². The average Bonchev–Trinajstić information content (AvgIpc) is 2.73. The van der Waals surface area contributed by atoms with Gasteiger partial charge in [0.2, 0.25) is 0 Å². The van der Waals surface area contributed by atoms with Gasteiger partial charge in [0.05, 0.1) is 13.2 Å². The molecule has 0 radical (unpaired) electrons. The summed E-state index contributed by atoms with van der Waals surface area (Å²) in [6, 6.07) is 2.66. The molecule has 122 valence electrons. The van der Waals surface area contributed by atoms with E-state index >= 15 is 0 Å². The second-order valence-corrected chi connectivity index (χ2v) is 6.45. The number of nitrogens with one attached hydrogen (secondary N) is 1. The lowest BCUT2D eigenvalue weighted by molar-refractivity contribution is 0.135. The van der Waals surface area contributed by atoms with Gasteiger partial charge in [0, 0.05) is 38.3 Å². The van der Waals surface area contributed by atoms with Gasteiger partial charge in [0.1, 0.15) is 11.5 Å². The third kappa shape index (κ3) is 7.11. The first kappa shape index (κ1) is 18.2. The van der Waals surface area contributed by atoms with Gasteiger partial charge in [-0.25, -0.2) is 0 Å². The van der Waals surface area contributed by atoms with E-state index in [1.165, 1.54) is 5.56 Å². The minimum atomic E-state index is 0.470. The van der Waals surface area contributed by atoms with Crippen molar-refractivity contribution < 1.29 is 9.15 Å². The van der Waals surface area contributed by atoms with Gasteiger partial charge in [-0.3, -0.25) is 4.90 Å². The van der Waals surface area contributed by atoms with Crippen LogP contribution in [0.5, 0.6) is 0 Å². The molecule has 0 saturated heterocycles. The number of hydrogen-bond acceptors (Lipinski definition) is 4. The second-order valence-electron chi connectivity index (χ2n) is 6.45. The van der Waals surface area contributed by atoms with Gasteiger partial charge >= 0.3 is 0 Å². The van der Waals surface area contributed by atoms with Crippen LogP contribution in [-0.4, -0.2) is 37.7 Å². The summed E-state index contributed by atoms with van der Waals surface area (Å²) in [5, 5.41) is 3.39. The molecule has 0 amide bonds. The highest BCUT2D eigenvalue weighted by atomic mass is 16.5. The Labute approximate surface area is 129 Å². The molecular formula is C17H32N2O2. The third-order valence-corrected chi connectivity index (χ3v) is 3.39. The third-order valence-electron chi connectivity index (χ3n) is 3.39. The van der Waals surface area contributed by atoms with Gasteiger partial charge in [-0.15, -0.1) is 0 Å². The number of rotatable bonds is 10. The fraction of sp³-hybridized carbons (Fsp3) is 0.765. The minimum absolute atomic E-state index is 0.470. The number of hydrogen-bond donors (Lipinski definition) is 1. The highest BCUT2D eigenvalue weighted by Gasteiger charge is 2.13. The van der Waals surface area contributed by atoms with E-state index in [1.54, 1.807) is 7.11 Å². The molecule has 0 fully saturated rings. The molecule has 1 N–H and O–H groups in total. The van der Waals surface area contributed by atoms with Gasteiger partial charge in [-0.1, -0.05) is 27.7 Å². The summed E-state index contributed by atoms with van der Waals surface area (Å²) < 4.78 is 11.1. The van der Waals surface area contributed by atoms with Gasteiger partial charge in [-0.2, -0.15) is 0 Å². The molecule has 0 bridgehead atoms. The molecule has 0 aliphatic rings. The summed E-state index contributed by atoms with van der Waals surface area (Å²) in [4.78, 5) is 2.44. The summed E-state index contributed by atoms with van der Waals surface area (Å²) in [7, 11) is 1.76. The van der Waals surface area contributed by atoms with Crippen molar-refractivity contribution in [2.45, 2.75) is 53.8 Å². The van der Waals surface area contributed by atoms with Crippen LogP contribution in [0.2, 0.25) is 0 Å². The zero-order valence-electron chi connectivity index (χ0n) is 14.5. The van der Waals surface area contributed by atoms with Crippen molar-refractivity contribution in [1.29, 1.82) is 0 Å². The Morgan fingerprint density at radius 2 is 2.00 bits per heavy atom. The van der Waals surface area contributed by atoms with Crippen molar-refractivity contribution in [2.24, 2.45) is 5.92 Å². The van der Waals surface area contributed by atoms with Gasteiger partial charge in [0.25, 0.3) is 0 Å². The maximum Gasteiger partial charge on any atom is 0.118 e. The van der Waals surface area contributed by atoms with Crippen LogP contribution < -0.4 is 5.32 Å². The zero-order valence-corrected chi connectivity index (χ0v) is 14.5. The number of nitrogens with zero attached hydrogens (tertiary/aromatic N) is 1. The molecule has 21 heavy (non-hydrogen) atoms. The van der Waals surface area contributed by atoms with Crippen molar-refractivity contribution in [3.05, 3.63) is 23.2 Å². The van der Waals surface area contributed by atoms with Crippen molar-refractivity contribution >= 4 is 0 Å². The van der Waals surface area contributed by atoms with E-state index in [0.29, 0.717) is 12.0 Å². The topological polar surface area (TPSA) is 37.6 Å². The van der Waals surface area contributed by atoms with Gasteiger partial charge in [0.15, 0.2) is 0 Å². The summed E-state index contributed by atoms with van der Waals surface area (Å²) in [6.45, 7) is 15.4. The summed E-state index contributed by atoms with van der Waals surface area (Å²) >= 11 is 0. The van der Waals surface area contributed by atoms with Gasteiger partial charge < -0.3 is 14.5 Å². The van der Waals surface area contributed by atoms with E-state index in [2.05, 4.69) is 50.9 Å². The summed E-state index contributed by atoms with van der Waals surface area (Å²) in [5.74, 6) is 2.70. The molecule has 1 aromatic heterocycles. The van der Waals surface area contributed by atoms with E-state index in [1.807, 2.05) is 0 Å². The molecule has 1 aromatic rings. The monoisotopic (exact) mass is 296 g/mol. The zero-order chi connectivity index (χ0) is 15.8. The second kappa shape index (κ2) is 9.23. The lowest BCUT2D eigenvalue weighted by Gasteiger charge is -2.23. The van der Waals surface area contributed by atoms with Crippen LogP contribution in [0, 0.1) is 12.8 Å². The Kier molecular flexibility index (Phi) is 8.01. The lowest BCUT2D eigenvalue weighted by Crippen LogP contribution is -2.30. The van der Waals surface area contributed by atoms with E-state index in [9.17, 15) is 0 Å². The molecule has 0 aromatic carbocycles. The number of ether oxygens (including phenoxy) is 1. The van der Waals surface area contributed by atoms with Gasteiger partial charge in [-0.05, 0) is 18.9 Å². The molecular weight excluding hydrogens is 264 g/mol. The van der Waals surface area contributed by atoms with Crippen LogP contribution >= 0.6 is 0 Å². The molecule has 0 aliphatic heterocycles. The highest BCUT2D eigenvalue weighted by molar-refractivity contribution is 5.20. The lowest BCUT2D eigenvalue weighted by atomic mass is 10.1. The van der Waals surface area contributed by atoms with Crippen LogP contribution in [0.15, 0.2) is 10.5 Å². The first-order valence-corrected chi connectivity index (χ1v) is 7.95. The average molecular weight is 296 g/mol. The van der Waals surface area contributed by atoms with Crippen LogP contribution in [-0.2, 0) is 17.8 Å². The van der Waals surface area contributed by atoms with Crippen molar-refractivity contribution in [1.82, 2.24) is 10.2 Å². The first-order chi connectivity index (χ1) is 9.92. The number of aryl methyl sites for hydroxylation is 1. The molecule has 0 aliphatic carbocycles. The van der Waals surface area contributed by atoms with Crippen molar-refractivity contribution in [3.8, 4) is 0 Å². The predicted molar refractivity (Wildman–Crippen MR) is 87.4 cm³/mol. The standard InChI is InChI=1S/C17H32N2O2/c1-13(2)11-19(7-8-20-6)12-16-9-17(21-15(16)5)10-18-14(3)4/h9,13-14,18H,7-8,10-12H2,1-6H3. The number of methoxy groups -OCH3 is 1. The quantitative estimate of drug-likeness (QED) is 0.719. The Morgan fingerprint density at radius 1 is 1.29 bits per heavy atom. The minimum Gasteiger partial charge on any atom is -0.465 e. The van der Waals surface area contributed by atoms with E-state index in [-0.39, 0.29) is 0 Å². The molecule has 4 heteroatoms. The molecule has 0 unspecified atom stereocenters. The van der Waals surface area contributed by atoms with Crippen LogP contribution in [0.4, 0.5) is 0 Å². The normalized spacial score (nSPS) is 12.0. The molecule has 0 atom stereocenters. The Hall–Kier alpha value is -0.840. The van der Waals surface area contributed by atoms with Crippen molar-refractivity contribution in [2.75, 3.05) is 26.8 Å². The Morgan fingerprint density at radius 3 is 2.57 bits per heavy atom. The maximum absolute atomic E-state index is 5.85. The smallest absolute Gasteiger partial charge is 0.118 e. The summed E-state index contributed by atoms with van der Waals surface area (Å²) in [6.07, 6.45) is 0. The van der Waals surface area contributed by atoms with Crippen molar-refractivity contribution in [3.63, 3.8) is 0 Å². The largest absolute Gasteiger partial charge is 0.465 e. The Balaban J connectivity index is 2.64. The SMILES string of the molecule is COCCN(Cc1cc(CNC(C)C)oc1C)CC(C)C. The van der Waals surface area contributed by atoms with E-state index < -0.39 is 0 Å². The van der Waals surface area contributed by atoms with Crippen LogP contribution in [0.25, 0.3) is 0 Å². The van der Waals surface area contributed by atoms with Crippen LogP contribution in [0.1, 0.15) is 44.8 Å². The predicted octanol–water partition coefficient (Wildman–Crippen LogP) is 3.19. The molecule has 4 nitrogen and oxygen atoms in total. The molecule has 0 spiro atoms. The first-order valence-electron chi connectivity index (χ1n) is 7.95. The van der Waals surface area contributed by atoms with E-state index in [0.717, 1.165) is 44.3 Å². The summed E-state index contributed by atoms with van der Waals surface area (Å²) in [5.41, 5.74) is 1.28. The van der Waals surface area contributed by atoms with Crippen LogP contribution in [0.3, 0.4) is 0 Å². The maximum atomic E-state index is 5.85. The number of furan rings is 1. The fourth-order valence-corrected chi connectivity index (χ4v) is 2.35. The molecule has 0 saturated carbocycles. The fourth-order valence-electron chi connectivity index (χ4n) is 2.35. The molecule has 1 rings (SSSR count). The Bertz CT molecular complexity index is 399.